The maximum Gasteiger partial charge on any atom is 0.145 e. The van der Waals surface area contributed by atoms with Crippen LogP contribution in [0.3, 0.4) is 0 Å². The largest absolute Gasteiger partial charge is 0.360 e. The van der Waals surface area contributed by atoms with Crippen molar-refractivity contribution < 1.29 is 4.52 Å². The molecule has 3 nitrogen and oxygen atoms in total. The topological polar surface area (TPSA) is 38.1 Å². The molecule has 0 saturated carbocycles. The van der Waals surface area contributed by atoms with E-state index in [0.717, 1.165) is 34.1 Å². The molecule has 0 spiro atoms. The Bertz CT molecular complexity index is 439. The second-order valence-corrected chi connectivity index (χ2v) is 4.04. The minimum absolute atomic E-state index is 0.865. The van der Waals surface area contributed by atoms with E-state index in [1.54, 1.807) is 0 Å². The molecule has 4 heteroatoms. The summed E-state index contributed by atoms with van der Waals surface area (Å²) in [5.74, 6) is 0.940. The number of halogens is 1. The lowest BCUT2D eigenvalue weighted by atomic mass is 10.2. The van der Waals surface area contributed by atoms with Gasteiger partial charge < -0.3 is 9.84 Å². The Morgan fingerprint density at radius 3 is 3.14 bits per heavy atom. The summed E-state index contributed by atoms with van der Waals surface area (Å²) < 4.78 is 6.32. The number of hydrogen-bond donors (Lipinski definition) is 1. The number of likely N-dealkylation sites (N-methyl/N-ethyl adjacent to an activating group) is 1. The molecular formula is C10H11BrN2O. The molecule has 1 aromatic carbocycles. The molecule has 74 valence electrons. The predicted octanol–water partition coefficient (Wildman–Crippen LogP) is 2.35. The van der Waals surface area contributed by atoms with Gasteiger partial charge in [-0.2, -0.15) is 0 Å². The molecule has 0 amide bonds. The molecule has 0 unspecified atom stereocenters. The average molecular weight is 255 g/mol. The van der Waals surface area contributed by atoms with Crippen molar-refractivity contribution in [1.29, 1.82) is 0 Å². The zero-order chi connectivity index (χ0) is 9.97. The number of rotatable bonds is 3. The van der Waals surface area contributed by atoms with E-state index in [-0.39, 0.29) is 0 Å². The van der Waals surface area contributed by atoms with Crippen molar-refractivity contribution >= 4 is 26.8 Å². The van der Waals surface area contributed by atoms with E-state index >= 15 is 0 Å². The summed E-state index contributed by atoms with van der Waals surface area (Å²) in [6, 6.07) is 5.95. The molecule has 14 heavy (non-hydrogen) atoms. The van der Waals surface area contributed by atoms with Gasteiger partial charge in [-0.15, -0.1) is 0 Å². The van der Waals surface area contributed by atoms with Crippen LogP contribution >= 0.6 is 15.9 Å². The summed E-state index contributed by atoms with van der Waals surface area (Å²) in [5, 5.41) is 8.17. The molecule has 1 aromatic heterocycles. The Kier molecular flexibility index (Phi) is 2.84. The highest BCUT2D eigenvalue weighted by Gasteiger charge is 2.07. The fourth-order valence-corrected chi connectivity index (χ4v) is 1.74. The number of nitrogens with zero attached hydrogens (tertiary/aromatic N) is 1. The summed E-state index contributed by atoms with van der Waals surface area (Å²) in [6.45, 7) is 0.900. The normalized spacial score (nSPS) is 11.0. The zero-order valence-corrected chi connectivity index (χ0v) is 9.47. The third-order valence-electron chi connectivity index (χ3n) is 2.12. The van der Waals surface area contributed by atoms with Crippen molar-refractivity contribution in [2.24, 2.45) is 0 Å². The third-order valence-corrected chi connectivity index (χ3v) is 2.61. The van der Waals surface area contributed by atoms with Crippen LogP contribution in [0.5, 0.6) is 0 Å². The highest BCUT2D eigenvalue weighted by Crippen LogP contribution is 2.22. The molecule has 1 N–H and O–H groups in total. The average Bonchev–Trinajstić information content (AvgIpc) is 2.57. The Morgan fingerprint density at radius 2 is 2.36 bits per heavy atom. The number of nitrogens with one attached hydrogen (secondary N) is 1. The van der Waals surface area contributed by atoms with Gasteiger partial charge in [0.1, 0.15) is 11.3 Å². The van der Waals surface area contributed by atoms with E-state index in [2.05, 4.69) is 26.4 Å². The fraction of sp³-hybridized carbons (Fsp3) is 0.300. The standard InChI is InChI=1S/C10H11BrN2O/c1-12-5-4-10-8-6-7(11)2-3-9(8)13-14-10/h2-3,6,12H,4-5H2,1H3. The first-order valence-corrected chi connectivity index (χ1v) is 5.29. The first-order valence-electron chi connectivity index (χ1n) is 4.49. The van der Waals surface area contributed by atoms with Gasteiger partial charge >= 0.3 is 0 Å². The minimum Gasteiger partial charge on any atom is -0.360 e. The Morgan fingerprint density at radius 1 is 1.50 bits per heavy atom. The number of fused-ring (bicyclic) bond motifs is 1. The van der Waals surface area contributed by atoms with Gasteiger partial charge in [0.25, 0.3) is 0 Å². The summed E-state index contributed by atoms with van der Waals surface area (Å²) in [4.78, 5) is 0. The van der Waals surface area contributed by atoms with Crippen LogP contribution in [-0.2, 0) is 6.42 Å². The van der Waals surface area contributed by atoms with Crippen LogP contribution in [0.25, 0.3) is 10.9 Å². The second-order valence-electron chi connectivity index (χ2n) is 3.12. The van der Waals surface area contributed by atoms with Crippen molar-refractivity contribution in [2.45, 2.75) is 6.42 Å². The van der Waals surface area contributed by atoms with E-state index in [1.807, 2.05) is 25.2 Å². The molecule has 0 aliphatic carbocycles. The smallest absolute Gasteiger partial charge is 0.145 e. The van der Waals surface area contributed by atoms with Crippen molar-refractivity contribution in [3.05, 3.63) is 28.4 Å². The van der Waals surface area contributed by atoms with Crippen LogP contribution in [0.1, 0.15) is 5.76 Å². The number of aromatic nitrogens is 1. The highest BCUT2D eigenvalue weighted by molar-refractivity contribution is 9.10. The predicted molar refractivity (Wildman–Crippen MR) is 59.3 cm³/mol. The summed E-state index contributed by atoms with van der Waals surface area (Å²) in [7, 11) is 1.93. The van der Waals surface area contributed by atoms with Crippen LogP contribution in [0.2, 0.25) is 0 Å². The monoisotopic (exact) mass is 254 g/mol. The summed E-state index contributed by atoms with van der Waals surface area (Å²) in [6.07, 6.45) is 0.865. The minimum atomic E-state index is 0.865. The van der Waals surface area contributed by atoms with Crippen molar-refractivity contribution in [2.75, 3.05) is 13.6 Å². The highest BCUT2D eigenvalue weighted by atomic mass is 79.9. The lowest BCUT2D eigenvalue weighted by Gasteiger charge is -1.95. The van der Waals surface area contributed by atoms with Crippen molar-refractivity contribution in [3.8, 4) is 0 Å². The summed E-state index contributed by atoms with van der Waals surface area (Å²) in [5.41, 5.74) is 0.916. The molecule has 0 fully saturated rings. The maximum atomic E-state index is 5.26. The van der Waals surface area contributed by atoms with Crippen LogP contribution in [-0.4, -0.2) is 18.7 Å². The molecular weight excluding hydrogens is 244 g/mol. The van der Waals surface area contributed by atoms with Crippen molar-refractivity contribution in [3.63, 3.8) is 0 Å². The first-order chi connectivity index (χ1) is 6.81. The summed E-state index contributed by atoms with van der Waals surface area (Å²) >= 11 is 3.43. The van der Waals surface area contributed by atoms with E-state index in [1.165, 1.54) is 0 Å². The lowest BCUT2D eigenvalue weighted by Crippen LogP contribution is -2.09. The first kappa shape index (κ1) is 9.68. The maximum absolute atomic E-state index is 5.26. The van der Waals surface area contributed by atoms with Crippen LogP contribution in [0, 0.1) is 0 Å². The molecule has 0 radical (unpaired) electrons. The van der Waals surface area contributed by atoms with E-state index in [4.69, 9.17) is 4.52 Å². The van der Waals surface area contributed by atoms with Crippen LogP contribution in [0.15, 0.2) is 27.2 Å². The lowest BCUT2D eigenvalue weighted by molar-refractivity contribution is 0.390. The molecule has 2 rings (SSSR count). The molecule has 0 aliphatic rings. The Labute approximate surface area is 90.6 Å². The fourth-order valence-electron chi connectivity index (χ4n) is 1.38. The van der Waals surface area contributed by atoms with Gasteiger partial charge in [0, 0.05) is 22.8 Å². The van der Waals surface area contributed by atoms with Gasteiger partial charge in [-0.25, -0.2) is 0 Å². The third kappa shape index (κ3) is 1.81. The molecule has 2 aromatic rings. The van der Waals surface area contributed by atoms with Crippen LogP contribution in [0.4, 0.5) is 0 Å². The van der Waals surface area contributed by atoms with Gasteiger partial charge in [0.05, 0.1) is 0 Å². The van der Waals surface area contributed by atoms with Gasteiger partial charge in [-0.3, -0.25) is 0 Å². The molecule has 1 heterocycles. The van der Waals surface area contributed by atoms with E-state index in [9.17, 15) is 0 Å². The number of benzene rings is 1. The molecule has 0 bridgehead atoms. The van der Waals surface area contributed by atoms with E-state index in [0.29, 0.717) is 0 Å². The van der Waals surface area contributed by atoms with Crippen molar-refractivity contribution in [1.82, 2.24) is 10.5 Å². The molecule has 0 aliphatic heterocycles. The van der Waals surface area contributed by atoms with Gasteiger partial charge in [0.2, 0.25) is 0 Å². The number of hydrogen-bond acceptors (Lipinski definition) is 3. The second kappa shape index (κ2) is 4.11. The molecule has 0 saturated heterocycles. The van der Waals surface area contributed by atoms with Gasteiger partial charge in [-0.1, -0.05) is 21.1 Å². The van der Waals surface area contributed by atoms with Crippen LogP contribution < -0.4 is 5.32 Å². The quantitative estimate of drug-likeness (QED) is 0.914. The van der Waals surface area contributed by atoms with Gasteiger partial charge in [-0.05, 0) is 25.2 Å². The SMILES string of the molecule is CNCCc1onc2ccc(Br)cc12. The Hall–Kier alpha value is -0.870. The Balaban J connectivity index is 2.40. The molecule has 0 atom stereocenters. The van der Waals surface area contributed by atoms with Gasteiger partial charge in [0.15, 0.2) is 0 Å². The zero-order valence-electron chi connectivity index (χ0n) is 7.88. The van der Waals surface area contributed by atoms with E-state index < -0.39 is 0 Å².